The third-order valence-electron chi connectivity index (χ3n) is 4.54. The van der Waals surface area contributed by atoms with Crippen molar-refractivity contribution in [2.24, 2.45) is 5.73 Å². The minimum atomic E-state index is -0.532. The molecule has 126 valence electrons. The van der Waals surface area contributed by atoms with Gasteiger partial charge in [-0.1, -0.05) is 0 Å². The van der Waals surface area contributed by atoms with Crippen LogP contribution in [0.2, 0.25) is 0 Å². The minimum absolute atomic E-state index is 0.350. The minimum Gasteiger partial charge on any atom is -0.461 e. The first-order valence-electron chi connectivity index (χ1n) is 8.28. The van der Waals surface area contributed by atoms with Crippen LogP contribution >= 0.6 is 0 Å². The van der Waals surface area contributed by atoms with E-state index >= 15 is 0 Å². The van der Waals surface area contributed by atoms with E-state index in [1.165, 1.54) is 29.8 Å². The van der Waals surface area contributed by atoms with Gasteiger partial charge in [-0.05, 0) is 61.7 Å². The van der Waals surface area contributed by atoms with Crippen molar-refractivity contribution in [2.75, 3.05) is 0 Å². The topological polar surface area (TPSA) is 82.5 Å². The van der Waals surface area contributed by atoms with E-state index < -0.39 is 11.9 Å². The maximum atomic E-state index is 12.3. The number of furan rings is 1. The normalized spacial score (nSPS) is 13.4. The van der Waals surface area contributed by atoms with Gasteiger partial charge in [-0.25, -0.2) is 4.79 Å². The summed E-state index contributed by atoms with van der Waals surface area (Å²) >= 11 is 0. The SMILES string of the molecule is NC(=O)c1ccc(C(=O)Oc2ccc3oc4c(c3c2)CCCC4)cc1. The van der Waals surface area contributed by atoms with Crippen LogP contribution in [0.5, 0.6) is 5.75 Å². The van der Waals surface area contributed by atoms with Crippen molar-refractivity contribution in [3.05, 3.63) is 64.9 Å². The molecule has 1 aromatic heterocycles. The molecule has 0 atom stereocenters. The Balaban J connectivity index is 1.59. The average Bonchev–Trinajstić information content (AvgIpc) is 3.00. The zero-order valence-corrected chi connectivity index (χ0v) is 13.6. The Labute approximate surface area is 144 Å². The number of esters is 1. The number of aryl methyl sites for hydroxylation is 2. The molecule has 5 nitrogen and oxygen atoms in total. The van der Waals surface area contributed by atoms with E-state index in [4.69, 9.17) is 14.9 Å². The van der Waals surface area contributed by atoms with Gasteiger partial charge >= 0.3 is 5.97 Å². The lowest BCUT2D eigenvalue weighted by Crippen LogP contribution is -2.12. The first kappa shape index (κ1) is 15.4. The Hall–Kier alpha value is -3.08. The van der Waals surface area contributed by atoms with Crippen molar-refractivity contribution in [3.8, 4) is 5.75 Å². The van der Waals surface area contributed by atoms with E-state index in [0.29, 0.717) is 16.9 Å². The number of ether oxygens (including phenoxy) is 1. The molecule has 0 spiro atoms. The van der Waals surface area contributed by atoms with Gasteiger partial charge in [-0.2, -0.15) is 0 Å². The number of benzene rings is 2. The molecular weight excluding hydrogens is 318 g/mol. The highest BCUT2D eigenvalue weighted by atomic mass is 16.5. The van der Waals surface area contributed by atoms with Gasteiger partial charge in [0.25, 0.3) is 0 Å². The van der Waals surface area contributed by atoms with E-state index in [2.05, 4.69) is 0 Å². The predicted octanol–water partition coefficient (Wildman–Crippen LogP) is 3.63. The quantitative estimate of drug-likeness (QED) is 0.585. The number of hydrogen-bond donors (Lipinski definition) is 1. The zero-order chi connectivity index (χ0) is 17.4. The highest BCUT2D eigenvalue weighted by Gasteiger charge is 2.18. The lowest BCUT2D eigenvalue weighted by Gasteiger charge is -2.09. The van der Waals surface area contributed by atoms with Crippen molar-refractivity contribution in [2.45, 2.75) is 25.7 Å². The number of amides is 1. The van der Waals surface area contributed by atoms with Crippen molar-refractivity contribution in [1.82, 2.24) is 0 Å². The van der Waals surface area contributed by atoms with Gasteiger partial charge in [0, 0.05) is 22.9 Å². The molecule has 5 heteroatoms. The number of nitrogens with two attached hydrogens (primary N) is 1. The lowest BCUT2D eigenvalue weighted by molar-refractivity contribution is 0.0734. The molecule has 2 N–H and O–H groups in total. The van der Waals surface area contributed by atoms with Crippen LogP contribution in [0.25, 0.3) is 11.0 Å². The summed E-state index contributed by atoms with van der Waals surface area (Å²) in [4.78, 5) is 23.4. The van der Waals surface area contributed by atoms with Gasteiger partial charge in [0.1, 0.15) is 17.1 Å². The van der Waals surface area contributed by atoms with Crippen LogP contribution in [0.3, 0.4) is 0 Å². The molecule has 4 rings (SSSR count). The largest absolute Gasteiger partial charge is 0.461 e. The summed E-state index contributed by atoms with van der Waals surface area (Å²) in [5.41, 5.74) is 7.97. The van der Waals surface area contributed by atoms with Crippen LogP contribution in [0.1, 0.15) is 44.9 Å². The molecule has 0 aliphatic heterocycles. The molecule has 1 heterocycles. The van der Waals surface area contributed by atoms with E-state index in [9.17, 15) is 9.59 Å². The fourth-order valence-electron chi connectivity index (χ4n) is 3.24. The van der Waals surface area contributed by atoms with E-state index in [0.717, 1.165) is 42.4 Å². The Morgan fingerprint density at radius 2 is 1.68 bits per heavy atom. The average molecular weight is 335 g/mol. The molecule has 3 aromatic rings. The van der Waals surface area contributed by atoms with Crippen LogP contribution < -0.4 is 10.5 Å². The number of rotatable bonds is 3. The maximum Gasteiger partial charge on any atom is 0.343 e. The second kappa shape index (κ2) is 6.09. The number of hydrogen-bond acceptors (Lipinski definition) is 4. The molecule has 0 radical (unpaired) electrons. The molecule has 0 saturated heterocycles. The standard InChI is InChI=1S/C20H17NO4/c21-19(22)12-5-7-13(8-6-12)20(23)24-14-9-10-18-16(11-14)15-3-1-2-4-17(15)25-18/h5-11H,1-4H2,(H2,21,22). The van der Waals surface area contributed by atoms with Crippen molar-refractivity contribution >= 4 is 22.8 Å². The second-order valence-corrected chi connectivity index (χ2v) is 6.20. The van der Waals surface area contributed by atoms with E-state index in [1.807, 2.05) is 12.1 Å². The van der Waals surface area contributed by atoms with Gasteiger partial charge < -0.3 is 14.9 Å². The Morgan fingerprint density at radius 1 is 0.960 bits per heavy atom. The highest BCUT2D eigenvalue weighted by molar-refractivity contribution is 5.96. The molecule has 0 unspecified atom stereocenters. The van der Waals surface area contributed by atoms with Gasteiger partial charge in [0.15, 0.2) is 0 Å². The molecule has 0 bridgehead atoms. The predicted molar refractivity (Wildman–Crippen MR) is 92.8 cm³/mol. The number of carbonyl (C=O) groups excluding carboxylic acids is 2. The van der Waals surface area contributed by atoms with Gasteiger partial charge in [-0.15, -0.1) is 0 Å². The molecule has 0 saturated carbocycles. The summed E-state index contributed by atoms with van der Waals surface area (Å²) in [5.74, 6) is 0.514. The summed E-state index contributed by atoms with van der Waals surface area (Å²) in [6.45, 7) is 0. The Bertz CT molecular complexity index is 969. The van der Waals surface area contributed by atoms with Crippen LogP contribution in [-0.2, 0) is 12.8 Å². The van der Waals surface area contributed by atoms with E-state index in [-0.39, 0.29) is 0 Å². The van der Waals surface area contributed by atoms with Gasteiger partial charge in [0.05, 0.1) is 5.56 Å². The summed E-state index contributed by atoms with van der Waals surface area (Å²) in [6, 6.07) is 11.5. The molecular formula is C20H17NO4. The third kappa shape index (κ3) is 2.89. The zero-order valence-electron chi connectivity index (χ0n) is 13.6. The Morgan fingerprint density at radius 3 is 2.44 bits per heavy atom. The Kier molecular flexibility index (Phi) is 3.76. The molecule has 2 aromatic carbocycles. The number of carbonyl (C=O) groups is 2. The fraction of sp³-hybridized carbons (Fsp3) is 0.200. The summed E-state index contributed by atoms with van der Waals surface area (Å²) in [7, 11) is 0. The van der Waals surface area contributed by atoms with Crippen molar-refractivity contribution in [1.29, 1.82) is 0 Å². The second-order valence-electron chi connectivity index (χ2n) is 6.20. The first-order valence-corrected chi connectivity index (χ1v) is 8.28. The van der Waals surface area contributed by atoms with Crippen LogP contribution in [-0.4, -0.2) is 11.9 Å². The number of fused-ring (bicyclic) bond motifs is 3. The van der Waals surface area contributed by atoms with Crippen LogP contribution in [0, 0.1) is 0 Å². The number of primary amides is 1. The molecule has 25 heavy (non-hydrogen) atoms. The summed E-state index contributed by atoms with van der Waals surface area (Å²) < 4.78 is 11.4. The van der Waals surface area contributed by atoms with Crippen molar-refractivity contribution < 1.29 is 18.7 Å². The van der Waals surface area contributed by atoms with E-state index in [1.54, 1.807) is 6.07 Å². The highest BCUT2D eigenvalue weighted by Crippen LogP contribution is 2.34. The third-order valence-corrected chi connectivity index (χ3v) is 4.54. The first-order chi connectivity index (χ1) is 12.1. The van der Waals surface area contributed by atoms with Gasteiger partial charge in [0.2, 0.25) is 5.91 Å². The monoisotopic (exact) mass is 335 g/mol. The molecule has 1 aliphatic carbocycles. The molecule has 1 aliphatic rings. The van der Waals surface area contributed by atoms with Gasteiger partial charge in [-0.3, -0.25) is 4.79 Å². The fourth-order valence-corrected chi connectivity index (χ4v) is 3.24. The smallest absolute Gasteiger partial charge is 0.343 e. The molecule has 0 fully saturated rings. The molecule has 1 amide bonds. The van der Waals surface area contributed by atoms with Crippen molar-refractivity contribution in [3.63, 3.8) is 0 Å². The van der Waals surface area contributed by atoms with Crippen LogP contribution in [0.15, 0.2) is 46.9 Å². The van der Waals surface area contributed by atoms with Crippen LogP contribution in [0.4, 0.5) is 0 Å². The summed E-state index contributed by atoms with van der Waals surface area (Å²) in [6.07, 6.45) is 4.26. The summed E-state index contributed by atoms with van der Waals surface area (Å²) in [5, 5.41) is 1.02. The lowest BCUT2D eigenvalue weighted by atomic mass is 9.96. The maximum absolute atomic E-state index is 12.3.